The van der Waals surface area contributed by atoms with Crippen molar-refractivity contribution in [3.63, 3.8) is 0 Å². The predicted octanol–water partition coefficient (Wildman–Crippen LogP) is -0.221. The molecule has 0 saturated heterocycles. The molecule has 0 spiro atoms. The van der Waals surface area contributed by atoms with E-state index in [1.807, 2.05) is 0 Å². The predicted molar refractivity (Wildman–Crippen MR) is 61.5 cm³/mol. The van der Waals surface area contributed by atoms with Gasteiger partial charge in [0, 0.05) is 13.0 Å². The average molecular weight is 245 g/mol. The molecule has 0 aliphatic carbocycles. The Labute approximate surface area is 100 Å². The van der Waals surface area contributed by atoms with Gasteiger partial charge in [0.2, 0.25) is 5.91 Å². The van der Waals surface area contributed by atoms with Gasteiger partial charge in [-0.25, -0.2) is 0 Å². The lowest BCUT2D eigenvalue weighted by atomic mass is 10.0. The number of hydrogen-bond acceptors (Lipinski definition) is 4. The van der Waals surface area contributed by atoms with E-state index in [0.717, 1.165) is 0 Å². The van der Waals surface area contributed by atoms with Gasteiger partial charge in [-0.05, 0) is 6.42 Å². The number of hydrogen-bond donors (Lipinski definition) is 3. The van der Waals surface area contributed by atoms with Crippen molar-refractivity contribution in [1.82, 2.24) is 5.32 Å². The molecule has 0 radical (unpaired) electrons. The largest absolute Gasteiger partial charge is 0.481 e. The van der Waals surface area contributed by atoms with Gasteiger partial charge in [0.25, 0.3) is 0 Å². The fourth-order valence-corrected chi connectivity index (χ4v) is 1.20. The number of carboxylic acid groups (broad SMARTS) is 1. The molecular weight excluding hydrogens is 226 g/mol. The number of carbonyl (C=O) groups excluding carboxylic acids is 1. The minimum absolute atomic E-state index is 0.0611. The summed E-state index contributed by atoms with van der Waals surface area (Å²) < 4.78 is 4.94. The maximum Gasteiger partial charge on any atom is 0.307 e. The van der Waals surface area contributed by atoms with Gasteiger partial charge in [-0.3, -0.25) is 9.59 Å². The second-order valence-corrected chi connectivity index (χ2v) is 3.45. The summed E-state index contributed by atoms with van der Waals surface area (Å²) in [6.45, 7) is 4.21. The summed E-state index contributed by atoms with van der Waals surface area (Å²) in [7, 11) is 0. The van der Waals surface area contributed by atoms with Gasteiger partial charge in [0.15, 0.2) is 0 Å². The Morgan fingerprint density at radius 1 is 1.41 bits per heavy atom. The third kappa shape index (κ3) is 8.41. The van der Waals surface area contributed by atoms with Crippen LogP contribution in [0.2, 0.25) is 0 Å². The van der Waals surface area contributed by atoms with Crippen molar-refractivity contribution in [2.24, 2.45) is 5.92 Å². The van der Waals surface area contributed by atoms with Gasteiger partial charge in [0.05, 0.1) is 25.7 Å². The van der Waals surface area contributed by atoms with Crippen molar-refractivity contribution in [3.05, 3.63) is 12.7 Å². The van der Waals surface area contributed by atoms with Gasteiger partial charge in [-0.15, -0.1) is 6.58 Å². The molecule has 6 nitrogen and oxygen atoms in total. The average Bonchev–Trinajstić information content (AvgIpc) is 2.28. The molecule has 0 aliphatic rings. The first-order valence-corrected chi connectivity index (χ1v) is 5.40. The topological polar surface area (TPSA) is 95.9 Å². The summed E-state index contributed by atoms with van der Waals surface area (Å²) >= 11 is 0. The van der Waals surface area contributed by atoms with E-state index < -0.39 is 11.9 Å². The molecule has 1 unspecified atom stereocenters. The van der Waals surface area contributed by atoms with Gasteiger partial charge in [-0.1, -0.05) is 6.08 Å². The van der Waals surface area contributed by atoms with Crippen LogP contribution in [-0.4, -0.2) is 48.5 Å². The van der Waals surface area contributed by atoms with Crippen LogP contribution < -0.4 is 5.32 Å². The van der Waals surface area contributed by atoms with Crippen LogP contribution in [0.1, 0.15) is 12.8 Å². The Bertz CT molecular complexity index is 254. The first-order chi connectivity index (χ1) is 8.11. The lowest BCUT2D eigenvalue weighted by molar-refractivity contribution is -0.143. The molecule has 0 aromatic rings. The highest BCUT2D eigenvalue weighted by molar-refractivity contribution is 5.82. The van der Waals surface area contributed by atoms with Crippen LogP contribution in [0.5, 0.6) is 0 Å². The number of carboxylic acids is 1. The highest BCUT2D eigenvalue weighted by Crippen LogP contribution is 2.09. The zero-order valence-electron chi connectivity index (χ0n) is 9.72. The van der Waals surface area contributed by atoms with Crippen molar-refractivity contribution in [2.75, 3.05) is 26.4 Å². The molecule has 1 atom stereocenters. The molecule has 0 aromatic carbocycles. The number of aliphatic carboxylic acids is 1. The maximum absolute atomic E-state index is 11.4. The van der Waals surface area contributed by atoms with Crippen molar-refractivity contribution in [3.8, 4) is 0 Å². The molecule has 0 bridgehead atoms. The smallest absolute Gasteiger partial charge is 0.307 e. The van der Waals surface area contributed by atoms with Gasteiger partial charge >= 0.3 is 5.97 Å². The van der Waals surface area contributed by atoms with E-state index in [1.54, 1.807) is 0 Å². The van der Waals surface area contributed by atoms with Crippen molar-refractivity contribution >= 4 is 11.9 Å². The number of ether oxygens (including phenoxy) is 1. The van der Waals surface area contributed by atoms with Crippen LogP contribution in [0.4, 0.5) is 0 Å². The summed E-state index contributed by atoms with van der Waals surface area (Å²) in [5.41, 5.74) is 0. The highest BCUT2D eigenvalue weighted by Gasteiger charge is 2.19. The Balaban J connectivity index is 3.75. The van der Waals surface area contributed by atoms with Gasteiger partial charge < -0.3 is 20.3 Å². The van der Waals surface area contributed by atoms with E-state index >= 15 is 0 Å². The summed E-state index contributed by atoms with van der Waals surface area (Å²) in [4.78, 5) is 22.1. The number of nitrogens with one attached hydrogen (secondary N) is 1. The van der Waals surface area contributed by atoms with Crippen LogP contribution in [0.3, 0.4) is 0 Å². The van der Waals surface area contributed by atoms with E-state index in [1.165, 1.54) is 6.08 Å². The number of amides is 1. The summed E-state index contributed by atoms with van der Waals surface area (Å²) in [6, 6.07) is 0. The second-order valence-electron chi connectivity index (χ2n) is 3.45. The molecule has 0 fully saturated rings. The van der Waals surface area contributed by atoms with E-state index in [0.29, 0.717) is 13.2 Å². The SMILES string of the molecule is C=CCC(CC(=O)NCCOCCO)C(=O)O. The second kappa shape index (κ2) is 9.80. The fourth-order valence-electron chi connectivity index (χ4n) is 1.20. The Morgan fingerprint density at radius 3 is 2.65 bits per heavy atom. The summed E-state index contributed by atoms with van der Waals surface area (Å²) in [5.74, 6) is -2.06. The first kappa shape index (κ1) is 15.6. The molecule has 1 amide bonds. The number of carbonyl (C=O) groups is 2. The number of aliphatic hydroxyl groups is 1. The maximum atomic E-state index is 11.4. The third-order valence-electron chi connectivity index (χ3n) is 2.04. The normalized spacial score (nSPS) is 11.8. The highest BCUT2D eigenvalue weighted by atomic mass is 16.5. The van der Waals surface area contributed by atoms with Gasteiger partial charge in [0.1, 0.15) is 0 Å². The fraction of sp³-hybridized carbons (Fsp3) is 0.636. The number of rotatable bonds is 10. The standard InChI is InChI=1S/C11H19NO5/c1-2-3-9(11(15)16)8-10(14)12-4-6-17-7-5-13/h2,9,13H,1,3-8H2,(H,12,14)(H,15,16). The Kier molecular flexibility index (Phi) is 8.99. The van der Waals surface area contributed by atoms with Crippen molar-refractivity contribution < 1.29 is 24.5 Å². The van der Waals surface area contributed by atoms with E-state index in [-0.39, 0.29) is 32.0 Å². The van der Waals surface area contributed by atoms with Crippen molar-refractivity contribution in [1.29, 1.82) is 0 Å². The Morgan fingerprint density at radius 2 is 2.12 bits per heavy atom. The quantitative estimate of drug-likeness (QED) is 0.365. The minimum Gasteiger partial charge on any atom is -0.481 e. The van der Waals surface area contributed by atoms with E-state index in [9.17, 15) is 9.59 Å². The lowest BCUT2D eigenvalue weighted by Crippen LogP contribution is -2.30. The monoisotopic (exact) mass is 245 g/mol. The van der Waals surface area contributed by atoms with E-state index in [2.05, 4.69) is 11.9 Å². The van der Waals surface area contributed by atoms with Crippen molar-refractivity contribution in [2.45, 2.75) is 12.8 Å². The molecule has 3 N–H and O–H groups in total. The van der Waals surface area contributed by atoms with Crippen LogP contribution in [0, 0.1) is 5.92 Å². The molecular formula is C11H19NO5. The molecule has 0 saturated carbocycles. The molecule has 0 heterocycles. The molecule has 0 aromatic heterocycles. The van der Waals surface area contributed by atoms with Gasteiger partial charge in [-0.2, -0.15) is 0 Å². The van der Waals surface area contributed by atoms with Crippen LogP contribution >= 0.6 is 0 Å². The Hall–Kier alpha value is -1.40. The first-order valence-electron chi connectivity index (χ1n) is 5.40. The minimum atomic E-state index is -1.00. The number of allylic oxidation sites excluding steroid dienone is 1. The summed E-state index contributed by atoms with van der Waals surface area (Å²) in [6.07, 6.45) is 1.68. The molecule has 98 valence electrons. The molecule has 17 heavy (non-hydrogen) atoms. The molecule has 0 rings (SSSR count). The number of aliphatic hydroxyl groups excluding tert-OH is 1. The van der Waals surface area contributed by atoms with Crippen LogP contribution in [-0.2, 0) is 14.3 Å². The molecule has 0 aliphatic heterocycles. The zero-order valence-corrected chi connectivity index (χ0v) is 9.72. The molecule has 6 heteroatoms. The van der Waals surface area contributed by atoms with E-state index in [4.69, 9.17) is 14.9 Å². The van der Waals surface area contributed by atoms with Crippen LogP contribution in [0.25, 0.3) is 0 Å². The summed E-state index contributed by atoms with van der Waals surface area (Å²) in [5, 5.41) is 19.8. The van der Waals surface area contributed by atoms with Crippen LogP contribution in [0.15, 0.2) is 12.7 Å². The lowest BCUT2D eigenvalue weighted by Gasteiger charge is -2.10. The zero-order chi connectivity index (χ0) is 13.1. The third-order valence-corrected chi connectivity index (χ3v) is 2.04.